The number of aromatic nitrogens is 1. The first-order valence-electron chi connectivity index (χ1n) is 9.62. The molecule has 0 unspecified atom stereocenters. The minimum atomic E-state index is -3.61. The van der Waals surface area contributed by atoms with E-state index in [1.165, 1.54) is 15.6 Å². The van der Waals surface area contributed by atoms with Gasteiger partial charge in [0.1, 0.15) is 17.4 Å². The molecule has 3 rings (SSSR count). The molecule has 0 aliphatic carbocycles. The predicted octanol–water partition coefficient (Wildman–Crippen LogP) is 5.53. The van der Waals surface area contributed by atoms with Gasteiger partial charge in [0.25, 0.3) is 0 Å². The van der Waals surface area contributed by atoms with Crippen LogP contribution in [0.25, 0.3) is 0 Å². The van der Waals surface area contributed by atoms with Crippen molar-refractivity contribution in [3.05, 3.63) is 75.2 Å². The molecule has 0 bridgehead atoms. The van der Waals surface area contributed by atoms with Crippen LogP contribution in [0, 0.1) is 12.8 Å². The summed E-state index contributed by atoms with van der Waals surface area (Å²) in [6.45, 7) is 6.91. The van der Waals surface area contributed by atoms with Crippen LogP contribution in [0.5, 0.6) is 5.75 Å². The van der Waals surface area contributed by atoms with Gasteiger partial charge in [0.05, 0.1) is 17.1 Å². The lowest BCUT2D eigenvalue weighted by Crippen LogP contribution is -2.34. The summed E-state index contributed by atoms with van der Waals surface area (Å²) in [4.78, 5) is 4.87. The van der Waals surface area contributed by atoms with Crippen LogP contribution in [-0.2, 0) is 23.2 Å². The largest absolute Gasteiger partial charge is 0.486 e. The Morgan fingerprint density at radius 2 is 1.77 bits per heavy atom. The molecule has 5 nitrogen and oxygen atoms in total. The Morgan fingerprint density at radius 1 is 1.10 bits per heavy atom. The van der Waals surface area contributed by atoms with E-state index in [9.17, 15) is 8.42 Å². The number of sulfonamides is 1. The van der Waals surface area contributed by atoms with E-state index in [1.807, 2.05) is 38.3 Å². The third-order valence-electron chi connectivity index (χ3n) is 4.34. The summed E-state index contributed by atoms with van der Waals surface area (Å²) in [7, 11) is -3.61. The van der Waals surface area contributed by atoms with Crippen molar-refractivity contribution >= 4 is 33.0 Å². The zero-order chi connectivity index (χ0) is 21.7. The van der Waals surface area contributed by atoms with Crippen LogP contribution in [0.1, 0.15) is 30.1 Å². The molecule has 0 atom stereocenters. The Hall–Kier alpha value is -1.93. The lowest BCUT2D eigenvalue weighted by atomic mass is 10.2. The lowest BCUT2D eigenvalue weighted by Gasteiger charge is -2.23. The molecule has 1 heterocycles. The summed E-state index contributed by atoms with van der Waals surface area (Å²) in [6, 6.07) is 14.1. The molecule has 0 spiro atoms. The van der Waals surface area contributed by atoms with Gasteiger partial charge in [0.15, 0.2) is 0 Å². The van der Waals surface area contributed by atoms with Gasteiger partial charge in [-0.2, -0.15) is 4.31 Å². The van der Waals surface area contributed by atoms with Crippen molar-refractivity contribution in [1.82, 2.24) is 9.29 Å². The molecular weight excluding hydrogens is 440 g/mol. The Labute approximate surface area is 187 Å². The van der Waals surface area contributed by atoms with Crippen molar-refractivity contribution in [2.24, 2.45) is 5.92 Å². The Balaban J connectivity index is 1.72. The van der Waals surface area contributed by atoms with E-state index in [1.54, 1.807) is 36.4 Å². The number of halogens is 1. The second-order valence-corrected chi connectivity index (χ2v) is 10.8. The van der Waals surface area contributed by atoms with Crippen LogP contribution >= 0.6 is 22.9 Å². The van der Waals surface area contributed by atoms with E-state index < -0.39 is 10.0 Å². The molecule has 3 aromatic rings. The molecule has 2 aromatic carbocycles. The van der Waals surface area contributed by atoms with Crippen LogP contribution in [0.15, 0.2) is 58.8 Å². The van der Waals surface area contributed by atoms with Gasteiger partial charge in [0, 0.05) is 16.9 Å². The fourth-order valence-corrected chi connectivity index (χ4v) is 5.26. The highest BCUT2D eigenvalue weighted by atomic mass is 35.5. The highest BCUT2D eigenvalue weighted by molar-refractivity contribution is 7.89. The maximum atomic E-state index is 13.2. The normalized spacial score (nSPS) is 11.9. The number of ether oxygens (including phenoxy) is 1. The average molecular weight is 465 g/mol. The molecular formula is C22H25ClN2O3S2. The monoisotopic (exact) mass is 464 g/mol. The summed E-state index contributed by atoms with van der Waals surface area (Å²) in [5.74, 6) is 0.899. The molecule has 0 amide bonds. The first-order valence-corrected chi connectivity index (χ1v) is 12.3. The maximum absolute atomic E-state index is 13.2. The Bertz CT molecular complexity index is 1060. The van der Waals surface area contributed by atoms with Crippen molar-refractivity contribution in [2.45, 2.75) is 38.8 Å². The van der Waals surface area contributed by atoms with Gasteiger partial charge in [-0.1, -0.05) is 43.1 Å². The summed E-state index contributed by atoms with van der Waals surface area (Å²) in [5.41, 5.74) is 1.74. The molecule has 8 heteroatoms. The Kier molecular flexibility index (Phi) is 7.52. The molecule has 30 heavy (non-hydrogen) atoms. The van der Waals surface area contributed by atoms with E-state index in [0.717, 1.165) is 10.6 Å². The summed E-state index contributed by atoms with van der Waals surface area (Å²) in [6.07, 6.45) is 0. The average Bonchev–Trinajstić information content (AvgIpc) is 3.14. The van der Waals surface area contributed by atoms with Gasteiger partial charge in [-0.3, -0.25) is 0 Å². The molecule has 0 aliphatic heterocycles. The molecule has 0 N–H and O–H groups in total. The second kappa shape index (κ2) is 9.92. The molecule has 0 saturated carbocycles. The predicted molar refractivity (Wildman–Crippen MR) is 122 cm³/mol. The first-order chi connectivity index (χ1) is 14.2. The van der Waals surface area contributed by atoms with Crippen LogP contribution in [-0.4, -0.2) is 24.3 Å². The van der Waals surface area contributed by atoms with Gasteiger partial charge >= 0.3 is 0 Å². The van der Waals surface area contributed by atoms with Crippen molar-refractivity contribution in [3.63, 3.8) is 0 Å². The molecule has 160 valence electrons. The standard InChI is InChI=1S/C22H25ClN2O3S2/c1-16(2)12-25(30(26,27)21-10-4-17(3)5-11-21)13-19-15-29-22(24-19)14-28-20-8-6-18(23)7-9-20/h4-11,15-16H,12-14H2,1-3H3. The Morgan fingerprint density at radius 3 is 2.40 bits per heavy atom. The first kappa shape index (κ1) is 22.7. The molecule has 0 saturated heterocycles. The SMILES string of the molecule is Cc1ccc(S(=O)(=O)N(Cc2csc(COc3ccc(Cl)cc3)n2)CC(C)C)cc1. The van der Waals surface area contributed by atoms with Crippen molar-refractivity contribution in [3.8, 4) is 5.75 Å². The number of hydrogen-bond donors (Lipinski definition) is 0. The summed E-state index contributed by atoms with van der Waals surface area (Å²) in [5, 5.41) is 3.33. The number of nitrogens with zero attached hydrogens (tertiary/aromatic N) is 2. The molecule has 0 fully saturated rings. The number of aryl methyl sites for hydroxylation is 1. The van der Waals surface area contributed by atoms with Gasteiger partial charge in [0.2, 0.25) is 10.0 Å². The quantitative estimate of drug-likeness (QED) is 0.417. The van der Waals surface area contributed by atoms with Crippen molar-refractivity contribution in [1.29, 1.82) is 0 Å². The molecule has 0 aliphatic rings. The van der Waals surface area contributed by atoms with Crippen LogP contribution in [0.2, 0.25) is 5.02 Å². The van der Waals surface area contributed by atoms with Crippen LogP contribution in [0.3, 0.4) is 0 Å². The smallest absolute Gasteiger partial charge is 0.243 e. The summed E-state index contributed by atoms with van der Waals surface area (Å²) < 4.78 is 33.6. The zero-order valence-electron chi connectivity index (χ0n) is 17.2. The van der Waals surface area contributed by atoms with E-state index in [2.05, 4.69) is 4.98 Å². The maximum Gasteiger partial charge on any atom is 0.243 e. The van der Waals surface area contributed by atoms with E-state index in [-0.39, 0.29) is 12.5 Å². The second-order valence-electron chi connectivity index (χ2n) is 7.48. The third-order valence-corrected chi connectivity index (χ3v) is 7.29. The van der Waals surface area contributed by atoms with Gasteiger partial charge in [-0.15, -0.1) is 11.3 Å². The van der Waals surface area contributed by atoms with E-state index >= 15 is 0 Å². The highest BCUT2D eigenvalue weighted by Crippen LogP contribution is 2.22. The topological polar surface area (TPSA) is 59.5 Å². The zero-order valence-corrected chi connectivity index (χ0v) is 19.6. The van der Waals surface area contributed by atoms with E-state index in [4.69, 9.17) is 16.3 Å². The molecule has 0 radical (unpaired) electrons. The lowest BCUT2D eigenvalue weighted by molar-refractivity contribution is 0.304. The third kappa shape index (κ3) is 6.04. The highest BCUT2D eigenvalue weighted by Gasteiger charge is 2.26. The number of rotatable bonds is 9. The van der Waals surface area contributed by atoms with Gasteiger partial charge in [-0.05, 0) is 49.2 Å². The fraction of sp³-hybridized carbons (Fsp3) is 0.318. The van der Waals surface area contributed by atoms with Crippen LogP contribution in [0.4, 0.5) is 0 Å². The minimum Gasteiger partial charge on any atom is -0.486 e. The number of thiazole rings is 1. The van der Waals surface area contributed by atoms with Crippen LogP contribution < -0.4 is 4.74 Å². The van der Waals surface area contributed by atoms with Crippen molar-refractivity contribution < 1.29 is 13.2 Å². The fourth-order valence-electron chi connectivity index (χ4n) is 2.86. The van der Waals surface area contributed by atoms with Gasteiger partial charge < -0.3 is 4.74 Å². The minimum absolute atomic E-state index is 0.191. The van der Waals surface area contributed by atoms with Crippen molar-refractivity contribution in [2.75, 3.05) is 6.54 Å². The molecule has 1 aromatic heterocycles. The van der Waals surface area contributed by atoms with Gasteiger partial charge in [-0.25, -0.2) is 13.4 Å². The summed E-state index contributed by atoms with van der Waals surface area (Å²) >= 11 is 7.34. The van der Waals surface area contributed by atoms with E-state index in [0.29, 0.717) is 34.5 Å². The number of hydrogen-bond acceptors (Lipinski definition) is 5. The number of benzene rings is 2.